The van der Waals surface area contributed by atoms with E-state index in [9.17, 15) is 4.79 Å². The predicted octanol–water partition coefficient (Wildman–Crippen LogP) is 1.99. The van der Waals surface area contributed by atoms with Crippen LogP contribution in [-0.4, -0.2) is 30.0 Å². The number of anilines is 1. The molecule has 3 aromatic rings. The minimum Gasteiger partial charge on any atom is -0.424 e. The topological polar surface area (TPSA) is 93.2 Å². The van der Waals surface area contributed by atoms with Crippen molar-refractivity contribution in [3.05, 3.63) is 46.7 Å². The predicted molar refractivity (Wildman–Crippen MR) is 91.5 cm³/mol. The van der Waals surface area contributed by atoms with E-state index in [1.807, 2.05) is 41.8 Å². The van der Waals surface area contributed by atoms with E-state index in [4.69, 9.17) is 10.2 Å². The molecule has 0 aliphatic rings. The number of fused-ring (bicyclic) bond motifs is 1. The highest BCUT2D eigenvalue weighted by Crippen LogP contribution is 2.17. The molecule has 0 radical (unpaired) electrons. The molecule has 1 aromatic carbocycles. The van der Waals surface area contributed by atoms with Crippen molar-refractivity contribution in [2.45, 2.75) is 12.5 Å². The van der Waals surface area contributed by atoms with Crippen LogP contribution in [0.4, 0.5) is 6.01 Å². The third-order valence-corrected chi connectivity index (χ3v) is 4.23. The molecule has 0 saturated carbocycles. The van der Waals surface area contributed by atoms with Crippen LogP contribution in [0.1, 0.15) is 4.88 Å². The molecule has 6 nitrogen and oxygen atoms in total. The van der Waals surface area contributed by atoms with Crippen molar-refractivity contribution in [2.24, 2.45) is 5.73 Å². The van der Waals surface area contributed by atoms with E-state index in [-0.39, 0.29) is 5.91 Å². The summed E-state index contributed by atoms with van der Waals surface area (Å²) < 4.78 is 5.53. The van der Waals surface area contributed by atoms with Gasteiger partial charge in [0.2, 0.25) is 5.91 Å². The van der Waals surface area contributed by atoms with Gasteiger partial charge in [-0.3, -0.25) is 4.79 Å². The van der Waals surface area contributed by atoms with Gasteiger partial charge in [-0.25, -0.2) is 0 Å². The standard InChI is InChI=1S/C16H18N4O2S/c17-12(10-11-4-3-9-23-11)15(21)18-7-8-19-16-20-13-5-1-2-6-14(13)22-16/h1-6,9,12H,7-8,10,17H2,(H,18,21)(H,19,20)/t12-/m0/s1. The molecule has 3 rings (SSSR count). The van der Waals surface area contributed by atoms with Crippen LogP contribution in [0.5, 0.6) is 0 Å². The molecule has 0 saturated heterocycles. The van der Waals surface area contributed by atoms with E-state index < -0.39 is 6.04 Å². The van der Waals surface area contributed by atoms with Gasteiger partial charge in [-0.05, 0) is 23.6 Å². The van der Waals surface area contributed by atoms with Gasteiger partial charge in [0.1, 0.15) is 5.52 Å². The van der Waals surface area contributed by atoms with Crippen LogP contribution in [-0.2, 0) is 11.2 Å². The van der Waals surface area contributed by atoms with Gasteiger partial charge in [-0.2, -0.15) is 4.98 Å². The first-order valence-electron chi connectivity index (χ1n) is 7.37. The van der Waals surface area contributed by atoms with Gasteiger partial charge in [0.15, 0.2) is 5.58 Å². The Bertz CT molecular complexity index is 736. The number of thiophene rings is 1. The van der Waals surface area contributed by atoms with Gasteiger partial charge in [-0.1, -0.05) is 18.2 Å². The van der Waals surface area contributed by atoms with Gasteiger partial charge in [0.25, 0.3) is 6.01 Å². The van der Waals surface area contributed by atoms with Gasteiger partial charge in [0.05, 0.1) is 6.04 Å². The highest BCUT2D eigenvalue weighted by atomic mass is 32.1. The van der Waals surface area contributed by atoms with Crippen LogP contribution in [0.2, 0.25) is 0 Å². The van der Waals surface area contributed by atoms with Crippen molar-refractivity contribution < 1.29 is 9.21 Å². The molecule has 0 spiro atoms. The number of hydrogen-bond acceptors (Lipinski definition) is 6. The Morgan fingerprint density at radius 2 is 2.13 bits per heavy atom. The molecule has 0 bridgehead atoms. The highest BCUT2D eigenvalue weighted by molar-refractivity contribution is 7.09. The number of nitrogens with zero attached hydrogens (tertiary/aromatic N) is 1. The molecular formula is C16H18N4O2S. The molecule has 23 heavy (non-hydrogen) atoms. The highest BCUT2D eigenvalue weighted by Gasteiger charge is 2.14. The average Bonchev–Trinajstić information content (AvgIpc) is 3.19. The Hall–Kier alpha value is -2.38. The molecule has 1 atom stereocenters. The second-order valence-corrected chi connectivity index (χ2v) is 6.13. The molecule has 1 amide bonds. The summed E-state index contributed by atoms with van der Waals surface area (Å²) in [4.78, 5) is 17.3. The van der Waals surface area contributed by atoms with Crippen molar-refractivity contribution in [1.82, 2.24) is 10.3 Å². The summed E-state index contributed by atoms with van der Waals surface area (Å²) in [6.45, 7) is 0.972. The van der Waals surface area contributed by atoms with E-state index in [0.717, 1.165) is 16.0 Å². The van der Waals surface area contributed by atoms with E-state index in [2.05, 4.69) is 15.6 Å². The fourth-order valence-electron chi connectivity index (χ4n) is 2.17. The third-order valence-electron chi connectivity index (χ3n) is 3.33. The third kappa shape index (κ3) is 4.08. The van der Waals surface area contributed by atoms with Crippen LogP contribution in [0, 0.1) is 0 Å². The van der Waals surface area contributed by atoms with E-state index in [1.54, 1.807) is 11.3 Å². The Balaban J connectivity index is 1.41. The maximum Gasteiger partial charge on any atom is 0.295 e. The van der Waals surface area contributed by atoms with E-state index in [0.29, 0.717) is 25.5 Å². The number of nitrogens with two attached hydrogens (primary N) is 1. The van der Waals surface area contributed by atoms with Crippen LogP contribution >= 0.6 is 11.3 Å². The lowest BCUT2D eigenvalue weighted by Gasteiger charge is -2.11. The van der Waals surface area contributed by atoms with Crippen molar-refractivity contribution in [2.75, 3.05) is 18.4 Å². The smallest absolute Gasteiger partial charge is 0.295 e. The molecule has 4 N–H and O–H groups in total. The summed E-state index contributed by atoms with van der Waals surface area (Å²) in [7, 11) is 0. The first-order valence-corrected chi connectivity index (χ1v) is 8.25. The number of benzene rings is 1. The lowest BCUT2D eigenvalue weighted by Crippen LogP contribution is -2.43. The quantitative estimate of drug-likeness (QED) is 0.576. The summed E-state index contributed by atoms with van der Waals surface area (Å²) in [5.74, 6) is -0.155. The minimum absolute atomic E-state index is 0.155. The summed E-state index contributed by atoms with van der Waals surface area (Å²) in [5, 5.41) is 7.83. The molecule has 0 unspecified atom stereocenters. The molecular weight excluding hydrogens is 312 g/mol. The summed E-state index contributed by atoms with van der Waals surface area (Å²) in [6.07, 6.45) is 0.558. The maximum absolute atomic E-state index is 11.9. The number of hydrogen-bond donors (Lipinski definition) is 3. The Morgan fingerprint density at radius 3 is 2.91 bits per heavy atom. The fraction of sp³-hybridized carbons (Fsp3) is 0.250. The second kappa shape index (κ2) is 7.26. The molecule has 0 aliphatic heterocycles. The monoisotopic (exact) mass is 330 g/mol. The van der Waals surface area contributed by atoms with Crippen LogP contribution < -0.4 is 16.4 Å². The van der Waals surface area contributed by atoms with E-state index in [1.165, 1.54) is 0 Å². The van der Waals surface area contributed by atoms with Crippen molar-refractivity contribution in [3.8, 4) is 0 Å². The molecule has 0 aliphatic carbocycles. The largest absolute Gasteiger partial charge is 0.424 e. The van der Waals surface area contributed by atoms with E-state index >= 15 is 0 Å². The molecule has 2 aromatic heterocycles. The lowest BCUT2D eigenvalue weighted by molar-refractivity contribution is -0.122. The average molecular weight is 330 g/mol. The molecule has 2 heterocycles. The lowest BCUT2D eigenvalue weighted by atomic mass is 10.2. The number of amides is 1. The zero-order valence-corrected chi connectivity index (χ0v) is 13.3. The number of nitrogens with one attached hydrogen (secondary N) is 2. The van der Waals surface area contributed by atoms with Crippen LogP contribution in [0.3, 0.4) is 0 Å². The Morgan fingerprint density at radius 1 is 1.26 bits per heavy atom. The minimum atomic E-state index is -0.530. The van der Waals surface area contributed by atoms with Gasteiger partial charge >= 0.3 is 0 Å². The summed E-state index contributed by atoms with van der Waals surface area (Å²) >= 11 is 1.60. The first kappa shape index (κ1) is 15.5. The molecule has 0 fully saturated rings. The first-order chi connectivity index (χ1) is 11.2. The normalized spacial score (nSPS) is 12.2. The zero-order chi connectivity index (χ0) is 16.1. The van der Waals surface area contributed by atoms with Crippen molar-refractivity contribution in [1.29, 1.82) is 0 Å². The van der Waals surface area contributed by atoms with Crippen LogP contribution in [0.15, 0.2) is 46.2 Å². The maximum atomic E-state index is 11.9. The number of para-hydroxylation sites is 2. The van der Waals surface area contributed by atoms with Crippen molar-refractivity contribution >= 4 is 34.4 Å². The second-order valence-electron chi connectivity index (χ2n) is 5.09. The van der Waals surface area contributed by atoms with Gasteiger partial charge in [-0.15, -0.1) is 11.3 Å². The van der Waals surface area contributed by atoms with Crippen molar-refractivity contribution in [3.63, 3.8) is 0 Å². The summed E-state index contributed by atoms with van der Waals surface area (Å²) in [6, 6.07) is 11.4. The summed E-state index contributed by atoms with van der Waals surface area (Å²) in [5.41, 5.74) is 7.43. The Kier molecular flexibility index (Phi) is 4.89. The number of carbonyl (C=O) groups is 1. The number of rotatable bonds is 7. The SMILES string of the molecule is N[C@@H](Cc1cccs1)C(=O)NCCNc1nc2ccccc2o1. The number of oxazole rings is 1. The Labute approximate surface area is 137 Å². The van der Waals surface area contributed by atoms with Crippen LogP contribution in [0.25, 0.3) is 11.1 Å². The number of carbonyl (C=O) groups excluding carboxylic acids is 1. The molecule has 120 valence electrons. The zero-order valence-electron chi connectivity index (χ0n) is 12.5. The van der Waals surface area contributed by atoms with Gasteiger partial charge < -0.3 is 20.8 Å². The fourth-order valence-corrected chi connectivity index (χ4v) is 2.94. The molecule has 7 heteroatoms. The number of aromatic nitrogens is 1. The van der Waals surface area contributed by atoms with Gasteiger partial charge in [0, 0.05) is 24.4 Å².